The summed E-state index contributed by atoms with van der Waals surface area (Å²) in [6, 6.07) is 11.2. The lowest BCUT2D eigenvalue weighted by molar-refractivity contribution is 0.0951. The van der Waals surface area contributed by atoms with E-state index in [1.54, 1.807) is 34.7 Å². The van der Waals surface area contributed by atoms with Gasteiger partial charge in [0, 0.05) is 66.5 Å². The van der Waals surface area contributed by atoms with Crippen molar-refractivity contribution >= 4 is 60.7 Å². The highest BCUT2D eigenvalue weighted by Gasteiger charge is 2.27. The van der Waals surface area contributed by atoms with Gasteiger partial charge in [0.05, 0.1) is 10.9 Å². The molecule has 0 spiro atoms. The van der Waals surface area contributed by atoms with Crippen LogP contribution in [-0.4, -0.2) is 67.6 Å². The van der Waals surface area contributed by atoms with Crippen molar-refractivity contribution in [1.29, 1.82) is 0 Å². The number of carbonyl (C=O) groups is 1. The first kappa shape index (κ1) is 28.6. The number of nitrogens with one attached hydrogen (secondary N) is 2. The van der Waals surface area contributed by atoms with Crippen LogP contribution in [-0.2, 0) is 0 Å². The second kappa shape index (κ2) is 10.9. The molecule has 2 fully saturated rings. The van der Waals surface area contributed by atoms with Crippen LogP contribution in [0.25, 0.3) is 49.1 Å². The number of rotatable bonds is 5. The van der Waals surface area contributed by atoms with Crippen molar-refractivity contribution < 1.29 is 13.6 Å². The first-order valence-electron chi connectivity index (χ1n) is 15.7. The molecule has 0 aliphatic carbocycles. The van der Waals surface area contributed by atoms with E-state index in [2.05, 4.69) is 15.5 Å². The van der Waals surface area contributed by atoms with Crippen molar-refractivity contribution in [3.8, 4) is 0 Å². The number of carbonyl (C=O) groups excluding carboxylic acids is 1. The van der Waals surface area contributed by atoms with Crippen molar-refractivity contribution in [2.45, 2.75) is 25.3 Å². The highest BCUT2D eigenvalue weighted by atomic mass is 19.1. The molecule has 11 heteroatoms. The predicted molar refractivity (Wildman–Crippen MR) is 177 cm³/mol. The zero-order chi connectivity index (χ0) is 31.7. The van der Waals surface area contributed by atoms with Gasteiger partial charge in [-0.05, 0) is 51.1 Å². The molecule has 0 bridgehead atoms. The molecule has 46 heavy (non-hydrogen) atoms. The van der Waals surface area contributed by atoms with E-state index in [1.807, 2.05) is 11.9 Å². The van der Waals surface area contributed by atoms with Crippen LogP contribution in [0.1, 0.15) is 29.6 Å². The van der Waals surface area contributed by atoms with Crippen molar-refractivity contribution in [2.75, 3.05) is 51.2 Å². The number of nitrogens with zero attached hydrogens (tertiary/aromatic N) is 3. The molecule has 0 saturated carbocycles. The van der Waals surface area contributed by atoms with E-state index in [1.165, 1.54) is 18.3 Å². The molecule has 2 aliphatic rings. The molecule has 2 saturated heterocycles. The van der Waals surface area contributed by atoms with Gasteiger partial charge in [0.15, 0.2) is 27.8 Å². The molecule has 2 N–H and O–H groups in total. The largest absolute Gasteiger partial charge is 0.451 e. The molecule has 1 atom stereocenters. The quantitative estimate of drug-likeness (QED) is 0.222. The summed E-state index contributed by atoms with van der Waals surface area (Å²) in [5.41, 5.74) is -0.150. The smallest absolute Gasteiger partial charge is 0.256 e. The minimum atomic E-state index is -0.637. The topological polar surface area (TPSA) is 116 Å². The number of hydrogen-bond acceptors (Lipinski definition) is 8. The Balaban J connectivity index is 1.40. The first-order valence-corrected chi connectivity index (χ1v) is 15.7. The zero-order valence-corrected chi connectivity index (χ0v) is 25.3. The highest BCUT2D eigenvalue weighted by molar-refractivity contribution is 6.08. The van der Waals surface area contributed by atoms with Gasteiger partial charge in [-0.3, -0.25) is 19.2 Å². The van der Waals surface area contributed by atoms with Gasteiger partial charge in [-0.25, -0.2) is 4.39 Å². The molecule has 234 valence electrons. The summed E-state index contributed by atoms with van der Waals surface area (Å²) in [5, 5.41) is 7.23. The summed E-state index contributed by atoms with van der Waals surface area (Å²) >= 11 is 0. The van der Waals surface area contributed by atoms with Gasteiger partial charge >= 0.3 is 0 Å². The zero-order valence-electron chi connectivity index (χ0n) is 25.3. The van der Waals surface area contributed by atoms with Crippen LogP contribution in [0.15, 0.2) is 67.5 Å². The van der Waals surface area contributed by atoms with E-state index in [0.717, 1.165) is 25.8 Å². The number of piperazine rings is 1. The van der Waals surface area contributed by atoms with Crippen LogP contribution in [0, 0.1) is 5.82 Å². The average molecular weight is 622 g/mol. The number of benzene rings is 4. The fraction of sp³-hybridized carbons (Fsp3) is 0.314. The van der Waals surface area contributed by atoms with E-state index >= 15 is 4.39 Å². The Bertz CT molecular complexity index is 2390. The SMILES string of the molecule is CN1CCN(c2c(F)cc3c(=O)c(C(=O)NCCC4CCCN4)cn4c5cc6c(=O)c7ccccc7c(=O)c6cc5oc2c34)CC1. The second-order valence-electron chi connectivity index (χ2n) is 12.5. The first-order chi connectivity index (χ1) is 22.3. The minimum Gasteiger partial charge on any atom is -0.451 e. The molecule has 2 aromatic heterocycles. The maximum atomic E-state index is 16.1. The molecule has 4 aromatic carbocycles. The van der Waals surface area contributed by atoms with E-state index in [0.29, 0.717) is 60.6 Å². The summed E-state index contributed by atoms with van der Waals surface area (Å²) < 4.78 is 24.2. The third kappa shape index (κ3) is 4.45. The van der Waals surface area contributed by atoms with Gasteiger partial charge in [-0.2, -0.15) is 0 Å². The number of hydrogen-bond donors (Lipinski definition) is 2. The van der Waals surface area contributed by atoms with Crippen molar-refractivity contribution in [1.82, 2.24) is 19.9 Å². The maximum absolute atomic E-state index is 16.1. The fourth-order valence-corrected chi connectivity index (χ4v) is 7.14. The van der Waals surface area contributed by atoms with E-state index < -0.39 is 17.2 Å². The molecule has 10 nitrogen and oxygen atoms in total. The highest BCUT2D eigenvalue weighted by Crippen LogP contribution is 2.37. The summed E-state index contributed by atoms with van der Waals surface area (Å²) in [6.07, 6.45) is 4.28. The summed E-state index contributed by atoms with van der Waals surface area (Å²) in [7, 11) is 2.00. The molecule has 2 aliphatic heterocycles. The Kier molecular flexibility index (Phi) is 6.77. The Morgan fingerprint density at radius 3 is 2.37 bits per heavy atom. The van der Waals surface area contributed by atoms with Gasteiger partial charge in [0.25, 0.3) is 5.91 Å². The number of amides is 1. The minimum absolute atomic E-state index is 0.00777. The molecule has 1 unspecified atom stereocenters. The van der Waals surface area contributed by atoms with Crippen LogP contribution < -0.4 is 31.8 Å². The average Bonchev–Trinajstić information content (AvgIpc) is 3.58. The lowest BCUT2D eigenvalue weighted by atomic mass is 10.0. The Hall–Kier alpha value is -4.87. The van der Waals surface area contributed by atoms with Gasteiger partial charge in [0.2, 0.25) is 5.43 Å². The van der Waals surface area contributed by atoms with Gasteiger partial charge in [-0.15, -0.1) is 0 Å². The van der Waals surface area contributed by atoms with Crippen molar-refractivity contribution in [3.05, 3.63) is 90.7 Å². The Morgan fingerprint density at radius 1 is 0.957 bits per heavy atom. The van der Waals surface area contributed by atoms with Gasteiger partial charge in [-0.1, -0.05) is 24.3 Å². The molecule has 1 amide bonds. The third-order valence-electron chi connectivity index (χ3n) is 9.65. The van der Waals surface area contributed by atoms with Gasteiger partial charge < -0.3 is 29.3 Å². The Morgan fingerprint density at radius 2 is 1.67 bits per heavy atom. The summed E-state index contributed by atoms with van der Waals surface area (Å²) in [4.78, 5) is 58.6. The number of halogens is 1. The van der Waals surface area contributed by atoms with Crippen LogP contribution in [0.3, 0.4) is 0 Å². The number of anilines is 1. The van der Waals surface area contributed by atoms with E-state index in [-0.39, 0.29) is 49.4 Å². The predicted octanol–water partition coefficient (Wildman–Crippen LogP) is 3.43. The molecule has 4 heterocycles. The molecular formula is C35H32FN5O5. The van der Waals surface area contributed by atoms with E-state index in [9.17, 15) is 19.2 Å². The number of aromatic nitrogens is 1. The van der Waals surface area contributed by atoms with Crippen LogP contribution in [0.2, 0.25) is 0 Å². The van der Waals surface area contributed by atoms with Crippen LogP contribution in [0.5, 0.6) is 0 Å². The number of fused-ring (bicyclic) bond motifs is 4. The molecule has 8 rings (SSSR count). The molecule has 6 aromatic rings. The van der Waals surface area contributed by atoms with Gasteiger partial charge in [0.1, 0.15) is 16.8 Å². The maximum Gasteiger partial charge on any atom is 0.256 e. The normalized spacial score (nSPS) is 17.7. The van der Waals surface area contributed by atoms with Crippen molar-refractivity contribution in [3.63, 3.8) is 0 Å². The van der Waals surface area contributed by atoms with E-state index in [4.69, 9.17) is 4.42 Å². The monoisotopic (exact) mass is 621 g/mol. The van der Waals surface area contributed by atoms with Crippen molar-refractivity contribution in [2.24, 2.45) is 0 Å². The fourth-order valence-electron chi connectivity index (χ4n) is 7.14. The lowest BCUT2D eigenvalue weighted by Gasteiger charge is -2.34. The number of likely N-dealkylation sites (N-methyl/N-ethyl adjacent to an activating group) is 1. The number of pyridine rings is 1. The molecule has 0 radical (unpaired) electrons. The Labute approximate surface area is 261 Å². The summed E-state index contributed by atoms with van der Waals surface area (Å²) in [5.74, 6) is -1.20. The third-order valence-corrected chi connectivity index (χ3v) is 9.65. The lowest BCUT2D eigenvalue weighted by Crippen LogP contribution is -2.45. The van der Waals surface area contributed by atoms with Crippen LogP contribution >= 0.6 is 0 Å². The standard InChI is InChI=1S/C35H32FN5O5/c1-39-11-13-40(14-12-39)30-26(36)15-24-29-34(30)46-28-17-23-22(31(42)20-6-2-3-7-21(20)32(23)43)16-27(28)41(29)18-25(33(24)44)35(45)38-10-8-19-5-4-9-37-19/h2-3,6-7,15-19,37H,4-5,8-14H2,1H3,(H,38,45). The molecular weight excluding hydrogens is 589 g/mol. The van der Waals surface area contributed by atoms with Crippen LogP contribution in [0.4, 0.5) is 10.1 Å². The summed E-state index contributed by atoms with van der Waals surface area (Å²) in [6.45, 7) is 3.81. The second-order valence-corrected chi connectivity index (χ2v) is 12.5.